The first kappa shape index (κ1) is 54.8. The first-order valence-electron chi connectivity index (χ1n) is 21.5. The van der Waals surface area contributed by atoms with Gasteiger partial charge >= 0.3 is 53.1 Å². The van der Waals surface area contributed by atoms with E-state index in [2.05, 4.69) is 144 Å². The number of fused-ring (bicyclic) bond motifs is 10. The van der Waals surface area contributed by atoms with Gasteiger partial charge in [0.1, 0.15) is 0 Å². The number of hydrogen-bond donors (Lipinski definition) is 0. The zero-order valence-electron chi connectivity index (χ0n) is 37.7. The van der Waals surface area contributed by atoms with Crippen LogP contribution >= 0.6 is 31.0 Å². The van der Waals surface area contributed by atoms with Gasteiger partial charge in [0.05, 0.1) is 33.5 Å². The van der Waals surface area contributed by atoms with Gasteiger partial charge in [-0.15, -0.1) is 47.5 Å². The standard InChI is InChI=1S/C35H22N2.2C9H5F2N2.CH2Cl2.F6P.Ir/c1-3-11-23(12-4-1)31-21-19-29-33(36-31)34-30(20-22-32(37-34)24-13-5-2-6-14-24)35(29)27-17-9-7-15-25(27)26-16-8-10-18-28(26)35;2*10-7-2-3-9(8(11)6-7)13-5-1-4-12-13;2-1-3;1-7(2,3,4,5)6;/h1-22H;2*1-2,4-6H;1H2;;/q;2*-1;;-1;+3. The van der Waals surface area contributed by atoms with Crippen molar-refractivity contribution in [1.82, 2.24) is 29.5 Å². The molecule has 4 aromatic heterocycles. The van der Waals surface area contributed by atoms with E-state index in [-0.39, 0.29) is 36.8 Å². The number of benzene rings is 6. The van der Waals surface area contributed by atoms with E-state index < -0.39 is 36.5 Å². The molecule has 2 aliphatic carbocycles. The third-order valence-electron chi connectivity index (χ3n) is 11.1. The Kier molecular flexibility index (Phi) is 16.2. The number of halogens is 12. The molecule has 0 saturated carbocycles. The third kappa shape index (κ3) is 12.7. The van der Waals surface area contributed by atoms with Crippen LogP contribution in [0, 0.1) is 35.4 Å². The van der Waals surface area contributed by atoms with Gasteiger partial charge in [-0.05, 0) is 69.0 Å². The maximum atomic E-state index is 13.1. The van der Waals surface area contributed by atoms with E-state index in [1.54, 1.807) is 24.5 Å². The molecule has 20 heteroatoms. The molecule has 0 amide bonds. The number of hydrogen-bond acceptors (Lipinski definition) is 4. The number of nitrogens with zero attached hydrogens (tertiary/aromatic N) is 6. The average molecular weight is 1250 g/mol. The molecule has 6 nitrogen and oxygen atoms in total. The predicted molar refractivity (Wildman–Crippen MR) is 264 cm³/mol. The van der Waals surface area contributed by atoms with Gasteiger partial charge in [-0.2, -0.15) is 22.3 Å². The van der Waals surface area contributed by atoms with Crippen molar-refractivity contribution in [2.75, 3.05) is 5.34 Å². The predicted octanol–water partition coefficient (Wildman–Crippen LogP) is 16.9. The molecule has 0 saturated heterocycles. The Balaban J connectivity index is 0.000000177. The van der Waals surface area contributed by atoms with Crippen LogP contribution in [0.25, 0.3) is 56.4 Å². The van der Waals surface area contributed by atoms with E-state index in [1.165, 1.54) is 55.1 Å². The molecule has 12 rings (SSSR count). The van der Waals surface area contributed by atoms with Crippen LogP contribution in [0.3, 0.4) is 0 Å². The molecular weight excluding hydrogens is 1220 g/mol. The first-order chi connectivity index (χ1) is 34.8. The summed E-state index contributed by atoms with van der Waals surface area (Å²) in [6, 6.07) is 59.3. The number of pyridine rings is 2. The van der Waals surface area contributed by atoms with E-state index >= 15 is 0 Å². The fraction of sp³-hybridized carbons (Fsp3) is 0.0370. The van der Waals surface area contributed by atoms with Crippen molar-refractivity contribution < 1.29 is 62.8 Å². The van der Waals surface area contributed by atoms with Crippen LogP contribution in [0.2, 0.25) is 0 Å². The van der Waals surface area contributed by atoms with Crippen molar-refractivity contribution in [3.8, 4) is 56.4 Å². The Labute approximate surface area is 440 Å². The molecule has 0 aliphatic heterocycles. The summed E-state index contributed by atoms with van der Waals surface area (Å²) in [6.07, 6.45) is 6.15. The van der Waals surface area contributed by atoms with Gasteiger partial charge in [0.15, 0.2) is 0 Å². The average Bonchev–Trinajstić information content (AvgIpc) is 4.20. The second kappa shape index (κ2) is 21.8. The summed E-state index contributed by atoms with van der Waals surface area (Å²) in [5.74, 6) is -2.64. The van der Waals surface area contributed by atoms with Crippen LogP contribution < -0.4 is 0 Å². The Bertz CT molecular complexity index is 3290. The summed E-state index contributed by atoms with van der Waals surface area (Å²) < 4.78 is 113. The summed E-state index contributed by atoms with van der Waals surface area (Å²) in [7, 11) is -10.7. The Morgan fingerprint density at radius 3 is 1.16 bits per heavy atom. The topological polar surface area (TPSA) is 61.4 Å². The van der Waals surface area contributed by atoms with Crippen LogP contribution in [0.1, 0.15) is 22.3 Å². The first-order valence-corrected chi connectivity index (χ1v) is 24.6. The van der Waals surface area contributed by atoms with E-state index in [0.29, 0.717) is 0 Å². The summed E-state index contributed by atoms with van der Waals surface area (Å²) in [4.78, 5) is 10.6. The van der Waals surface area contributed by atoms with Crippen molar-refractivity contribution in [1.29, 1.82) is 0 Å². The van der Waals surface area contributed by atoms with Gasteiger partial charge in [0.2, 0.25) is 0 Å². The van der Waals surface area contributed by atoms with Gasteiger partial charge in [0, 0.05) is 59.2 Å². The monoisotopic (exact) mass is 1250 g/mol. The van der Waals surface area contributed by atoms with Gasteiger partial charge in [-0.3, -0.25) is 26.9 Å². The van der Waals surface area contributed by atoms with Crippen molar-refractivity contribution in [2.24, 2.45) is 0 Å². The molecule has 0 N–H and O–H groups in total. The Hall–Kier alpha value is -7.00. The van der Waals surface area contributed by atoms with E-state index in [0.717, 1.165) is 58.2 Å². The Morgan fingerprint density at radius 2 is 0.824 bits per heavy atom. The zero-order valence-corrected chi connectivity index (χ0v) is 42.5. The number of aromatic nitrogens is 6. The molecule has 2 aliphatic rings. The smallest absolute Gasteiger partial charge is 0.284 e. The molecule has 74 heavy (non-hydrogen) atoms. The fourth-order valence-corrected chi connectivity index (χ4v) is 8.41. The summed E-state index contributed by atoms with van der Waals surface area (Å²) in [6.45, 7) is 0. The SMILES string of the molecule is ClCCl.F[P-](F)(F)(F)(F)F.Fc1c[c-]c(-n2cccn2)c(F)c1.Fc1c[c-]c(-n2cccn2)c(F)c1.[Ir+3].c1ccc(-c2ccc3c(n2)-c2nc(-c4ccccc4)ccc2C32c3ccccc3-c3ccccc32)cc1. The van der Waals surface area contributed by atoms with Gasteiger partial charge in [-0.1, -0.05) is 121 Å². The van der Waals surface area contributed by atoms with Crippen molar-refractivity contribution >= 4 is 31.0 Å². The van der Waals surface area contributed by atoms with Crippen LogP contribution in [0.4, 0.5) is 42.7 Å². The maximum Gasteiger partial charge on any atom is 3.00 e. The van der Waals surface area contributed by atoms with Crippen LogP contribution in [0.5, 0.6) is 0 Å². The maximum absolute atomic E-state index is 13.1. The molecule has 0 atom stereocenters. The molecule has 0 unspecified atom stereocenters. The molecule has 6 aromatic carbocycles. The van der Waals surface area contributed by atoms with Gasteiger partial charge in [0.25, 0.3) is 0 Å². The normalized spacial score (nSPS) is 12.9. The zero-order chi connectivity index (χ0) is 52.0. The van der Waals surface area contributed by atoms with Gasteiger partial charge in [-0.25, -0.2) is 9.97 Å². The molecule has 1 spiro atoms. The summed E-state index contributed by atoms with van der Waals surface area (Å²) in [5, 5.41) is 7.79. The fourth-order valence-electron chi connectivity index (χ4n) is 8.41. The minimum Gasteiger partial charge on any atom is -0.284 e. The molecule has 0 bridgehead atoms. The largest absolute Gasteiger partial charge is 3.00 e. The minimum absolute atomic E-state index is 0. The number of alkyl halides is 2. The van der Waals surface area contributed by atoms with Crippen molar-refractivity contribution in [3.05, 3.63) is 252 Å². The van der Waals surface area contributed by atoms with E-state index in [9.17, 15) is 42.7 Å². The second-order valence-corrected chi connectivity index (χ2v) is 18.5. The quantitative estimate of drug-likeness (QED) is 0.0762. The third-order valence-corrected chi connectivity index (χ3v) is 11.1. The van der Waals surface area contributed by atoms with Crippen LogP contribution in [0.15, 0.2) is 195 Å². The molecule has 0 radical (unpaired) electrons. The number of rotatable bonds is 4. The minimum atomic E-state index is -10.7. The van der Waals surface area contributed by atoms with Gasteiger partial charge < -0.3 is 0 Å². The molecule has 378 valence electrons. The summed E-state index contributed by atoms with van der Waals surface area (Å²) >= 11 is 9.53. The van der Waals surface area contributed by atoms with E-state index in [1.807, 2.05) is 12.1 Å². The second-order valence-electron chi connectivity index (χ2n) is 15.7. The van der Waals surface area contributed by atoms with Crippen LogP contribution in [-0.4, -0.2) is 34.9 Å². The van der Waals surface area contributed by atoms with Crippen molar-refractivity contribution in [2.45, 2.75) is 5.41 Å². The van der Waals surface area contributed by atoms with E-state index in [4.69, 9.17) is 33.2 Å². The summed E-state index contributed by atoms with van der Waals surface area (Å²) in [5.41, 5.74) is 13.5. The molecule has 10 aromatic rings. The molecule has 0 fully saturated rings. The molecular formula is C54H34Cl2F10IrN6P. The molecule has 4 heterocycles. The van der Waals surface area contributed by atoms with Crippen molar-refractivity contribution in [3.63, 3.8) is 0 Å². The van der Waals surface area contributed by atoms with Crippen LogP contribution in [-0.2, 0) is 25.5 Å². The Morgan fingerprint density at radius 1 is 0.473 bits per heavy atom.